The van der Waals surface area contributed by atoms with Crippen LogP contribution in [0.1, 0.15) is 29.3 Å². The molecular formula is C19H24N4O3S. The Hall–Kier alpha value is -2.48. The van der Waals surface area contributed by atoms with Crippen LogP contribution in [-0.4, -0.2) is 60.3 Å². The molecule has 0 N–H and O–H groups in total. The van der Waals surface area contributed by atoms with E-state index < -0.39 is 9.84 Å². The number of benzene rings is 1. The quantitative estimate of drug-likeness (QED) is 0.781. The molecule has 7 nitrogen and oxygen atoms in total. The van der Waals surface area contributed by atoms with E-state index in [1.807, 2.05) is 36.9 Å². The molecule has 27 heavy (non-hydrogen) atoms. The monoisotopic (exact) mass is 388 g/mol. The van der Waals surface area contributed by atoms with Crippen LogP contribution < -0.4 is 4.90 Å². The largest absolute Gasteiger partial charge is 0.338 e. The van der Waals surface area contributed by atoms with Crippen LogP contribution in [0.25, 0.3) is 0 Å². The molecule has 0 bridgehead atoms. The van der Waals surface area contributed by atoms with Crippen molar-refractivity contribution in [3.63, 3.8) is 0 Å². The first-order valence-electron chi connectivity index (χ1n) is 8.94. The normalized spacial score (nSPS) is 18.3. The number of anilines is 2. The van der Waals surface area contributed by atoms with E-state index in [1.54, 1.807) is 7.05 Å². The molecule has 1 aliphatic heterocycles. The van der Waals surface area contributed by atoms with Gasteiger partial charge in [-0.2, -0.15) is 0 Å². The van der Waals surface area contributed by atoms with Crippen LogP contribution in [-0.2, 0) is 9.84 Å². The van der Waals surface area contributed by atoms with Crippen molar-refractivity contribution in [1.82, 2.24) is 14.9 Å². The summed E-state index contributed by atoms with van der Waals surface area (Å²) in [6, 6.07) is 7.77. The highest BCUT2D eigenvalue weighted by molar-refractivity contribution is 7.91. The molecule has 8 heteroatoms. The van der Waals surface area contributed by atoms with E-state index in [2.05, 4.69) is 16.0 Å². The fourth-order valence-corrected chi connectivity index (χ4v) is 5.03. The summed E-state index contributed by atoms with van der Waals surface area (Å²) in [7, 11) is -1.41. The zero-order valence-electron chi connectivity index (χ0n) is 15.8. The molecule has 144 valence electrons. The number of aromatic nitrogens is 2. The summed E-state index contributed by atoms with van der Waals surface area (Å²) in [5.41, 5.74) is 2.49. The highest BCUT2D eigenvalue weighted by atomic mass is 32.2. The summed E-state index contributed by atoms with van der Waals surface area (Å²) < 4.78 is 23.3. The molecule has 0 aliphatic carbocycles. The number of hydrogen-bond acceptors (Lipinski definition) is 6. The summed E-state index contributed by atoms with van der Waals surface area (Å²) in [6.07, 6.45) is 3.48. The van der Waals surface area contributed by atoms with Gasteiger partial charge in [0.1, 0.15) is 0 Å². The molecule has 0 saturated carbocycles. The smallest absolute Gasteiger partial charge is 0.257 e. The number of nitrogens with zero attached hydrogens (tertiary/aromatic N) is 4. The molecular weight excluding hydrogens is 364 g/mol. The van der Waals surface area contributed by atoms with Gasteiger partial charge in [0.2, 0.25) is 5.95 Å². The lowest BCUT2D eigenvalue weighted by atomic mass is 10.2. The third-order valence-electron chi connectivity index (χ3n) is 4.83. The summed E-state index contributed by atoms with van der Waals surface area (Å²) in [5, 5.41) is 0. The maximum atomic E-state index is 12.6. The first kappa shape index (κ1) is 19.3. The molecule has 2 heterocycles. The van der Waals surface area contributed by atoms with Crippen molar-refractivity contribution < 1.29 is 13.2 Å². The van der Waals surface area contributed by atoms with Crippen molar-refractivity contribution in [2.75, 3.05) is 30.0 Å². The van der Waals surface area contributed by atoms with Crippen molar-refractivity contribution in [2.24, 2.45) is 0 Å². The second kappa shape index (κ2) is 7.64. The van der Waals surface area contributed by atoms with Crippen molar-refractivity contribution in [3.05, 3.63) is 47.8 Å². The molecule has 2 aromatic rings. The number of rotatable bonds is 5. The Morgan fingerprint density at radius 3 is 2.52 bits per heavy atom. The minimum atomic E-state index is -3.04. The fourth-order valence-electron chi connectivity index (χ4n) is 3.26. The van der Waals surface area contributed by atoms with Crippen molar-refractivity contribution in [3.8, 4) is 0 Å². The van der Waals surface area contributed by atoms with Gasteiger partial charge in [0.15, 0.2) is 9.84 Å². The minimum absolute atomic E-state index is 0.0190. The molecule has 1 saturated heterocycles. The molecule has 3 rings (SSSR count). The second-order valence-electron chi connectivity index (χ2n) is 6.83. The zero-order chi connectivity index (χ0) is 19.6. The van der Waals surface area contributed by atoms with E-state index in [1.165, 1.54) is 17.3 Å². The highest BCUT2D eigenvalue weighted by Gasteiger charge is 2.33. The van der Waals surface area contributed by atoms with Gasteiger partial charge in [-0.25, -0.2) is 18.4 Å². The van der Waals surface area contributed by atoms with Crippen LogP contribution in [0.4, 0.5) is 11.6 Å². The Labute approximate surface area is 160 Å². The maximum Gasteiger partial charge on any atom is 0.257 e. The van der Waals surface area contributed by atoms with Gasteiger partial charge in [-0.05, 0) is 38.0 Å². The van der Waals surface area contributed by atoms with E-state index in [0.29, 0.717) is 24.5 Å². The Morgan fingerprint density at radius 1 is 1.26 bits per heavy atom. The van der Waals surface area contributed by atoms with Gasteiger partial charge in [0.05, 0.1) is 17.1 Å². The predicted molar refractivity (Wildman–Crippen MR) is 105 cm³/mol. The van der Waals surface area contributed by atoms with Crippen LogP contribution in [0.3, 0.4) is 0 Å². The first-order valence-corrected chi connectivity index (χ1v) is 10.8. The third kappa shape index (κ3) is 4.27. The van der Waals surface area contributed by atoms with Crippen molar-refractivity contribution in [1.29, 1.82) is 0 Å². The van der Waals surface area contributed by atoms with E-state index in [-0.39, 0.29) is 23.5 Å². The number of aryl methyl sites for hydroxylation is 1. The van der Waals surface area contributed by atoms with Gasteiger partial charge in [0, 0.05) is 37.7 Å². The SMILES string of the molecule is CCN(c1cccc(C)c1)c1ncc(C(=O)N(C)C2CCS(=O)(=O)C2)cn1. The predicted octanol–water partition coefficient (Wildman–Crippen LogP) is 2.20. The Bertz CT molecular complexity index is 928. The second-order valence-corrected chi connectivity index (χ2v) is 9.06. The molecule has 1 aliphatic rings. The Morgan fingerprint density at radius 2 is 1.96 bits per heavy atom. The number of carbonyl (C=O) groups excluding carboxylic acids is 1. The Balaban J connectivity index is 1.77. The maximum absolute atomic E-state index is 12.6. The minimum Gasteiger partial charge on any atom is -0.338 e. The number of sulfone groups is 1. The summed E-state index contributed by atoms with van der Waals surface area (Å²) >= 11 is 0. The third-order valence-corrected chi connectivity index (χ3v) is 6.58. The van der Waals surface area contributed by atoms with Crippen LogP contribution >= 0.6 is 0 Å². The van der Waals surface area contributed by atoms with Crippen LogP contribution in [0.15, 0.2) is 36.7 Å². The Kier molecular flexibility index (Phi) is 5.46. The zero-order valence-corrected chi connectivity index (χ0v) is 16.6. The highest BCUT2D eigenvalue weighted by Crippen LogP contribution is 2.23. The molecule has 1 aromatic heterocycles. The van der Waals surface area contributed by atoms with Gasteiger partial charge in [0.25, 0.3) is 5.91 Å². The number of carbonyl (C=O) groups is 1. The molecule has 1 amide bonds. The number of amides is 1. The van der Waals surface area contributed by atoms with Crippen molar-refractivity contribution >= 4 is 27.4 Å². The molecule has 1 aromatic carbocycles. The van der Waals surface area contributed by atoms with Gasteiger partial charge in [-0.1, -0.05) is 12.1 Å². The van der Waals surface area contributed by atoms with Gasteiger partial charge >= 0.3 is 0 Å². The standard InChI is InChI=1S/C19H24N4O3S/c1-4-23(16-7-5-6-14(2)10-16)19-20-11-15(12-21-19)18(24)22(3)17-8-9-27(25,26)13-17/h5-7,10-12,17H,4,8-9,13H2,1-3H3. The topological polar surface area (TPSA) is 83.5 Å². The molecule has 1 atom stereocenters. The van der Waals surface area contributed by atoms with Crippen molar-refractivity contribution in [2.45, 2.75) is 26.3 Å². The molecule has 0 spiro atoms. The molecule has 0 radical (unpaired) electrons. The van der Waals surface area contributed by atoms with Crippen LogP contribution in [0.5, 0.6) is 0 Å². The van der Waals surface area contributed by atoms with Gasteiger partial charge < -0.3 is 9.80 Å². The van der Waals surface area contributed by atoms with Crippen LogP contribution in [0.2, 0.25) is 0 Å². The van der Waals surface area contributed by atoms with Gasteiger partial charge in [-0.3, -0.25) is 4.79 Å². The average Bonchev–Trinajstić information content (AvgIpc) is 3.02. The average molecular weight is 388 g/mol. The lowest BCUT2D eigenvalue weighted by molar-refractivity contribution is 0.0747. The van der Waals surface area contributed by atoms with E-state index in [4.69, 9.17) is 0 Å². The van der Waals surface area contributed by atoms with E-state index in [0.717, 1.165) is 11.3 Å². The van der Waals surface area contributed by atoms with E-state index >= 15 is 0 Å². The number of hydrogen-bond donors (Lipinski definition) is 0. The summed E-state index contributed by atoms with van der Waals surface area (Å²) in [4.78, 5) is 24.8. The molecule has 1 unspecified atom stereocenters. The van der Waals surface area contributed by atoms with E-state index in [9.17, 15) is 13.2 Å². The van der Waals surface area contributed by atoms with Crippen LogP contribution in [0, 0.1) is 6.92 Å². The summed E-state index contributed by atoms with van der Waals surface area (Å²) in [6.45, 7) is 4.73. The lowest BCUT2D eigenvalue weighted by Gasteiger charge is -2.24. The molecule has 1 fully saturated rings. The lowest BCUT2D eigenvalue weighted by Crippen LogP contribution is -2.38. The fraction of sp³-hybridized carbons (Fsp3) is 0.421. The first-order chi connectivity index (χ1) is 12.8. The summed E-state index contributed by atoms with van der Waals surface area (Å²) in [5.74, 6) is 0.408. The van der Waals surface area contributed by atoms with Gasteiger partial charge in [-0.15, -0.1) is 0 Å².